The highest BCUT2D eigenvalue weighted by atomic mass is 79.9. The van der Waals surface area contributed by atoms with Crippen LogP contribution in [0.15, 0.2) is 52.5 Å². The molecule has 0 bridgehead atoms. The van der Waals surface area contributed by atoms with Crippen molar-refractivity contribution in [1.29, 1.82) is 5.26 Å². The molecule has 1 amide bonds. The number of carbonyl (C=O) groups excluding carboxylic acids is 1. The van der Waals surface area contributed by atoms with Gasteiger partial charge in [-0.1, -0.05) is 30.3 Å². The summed E-state index contributed by atoms with van der Waals surface area (Å²) in [6.45, 7) is 5.72. The summed E-state index contributed by atoms with van der Waals surface area (Å²) in [5.41, 5.74) is 1.63. The van der Waals surface area contributed by atoms with Crippen molar-refractivity contribution in [1.82, 2.24) is 5.32 Å². The maximum atomic E-state index is 12.5. The lowest BCUT2D eigenvalue weighted by molar-refractivity contribution is -0.117. The maximum Gasteiger partial charge on any atom is 0.262 e. The molecule has 0 aromatic heterocycles. The zero-order chi connectivity index (χ0) is 20.7. The highest BCUT2D eigenvalue weighted by molar-refractivity contribution is 9.10. The van der Waals surface area contributed by atoms with Crippen LogP contribution in [0.5, 0.6) is 11.5 Å². The number of amides is 1. The molecule has 1 atom stereocenters. The van der Waals surface area contributed by atoms with Crippen LogP contribution in [0.25, 0.3) is 6.08 Å². The number of nitrogens with one attached hydrogen (secondary N) is 1. The molecule has 28 heavy (non-hydrogen) atoms. The van der Waals surface area contributed by atoms with Crippen LogP contribution in [-0.4, -0.2) is 19.1 Å². The van der Waals surface area contributed by atoms with Gasteiger partial charge in [0, 0.05) is 0 Å². The zero-order valence-electron chi connectivity index (χ0n) is 16.3. The Kier molecular flexibility index (Phi) is 7.65. The first-order valence-electron chi connectivity index (χ1n) is 8.87. The normalized spacial score (nSPS) is 12.2. The molecule has 2 rings (SSSR count). The fraction of sp³-hybridized carbons (Fsp3) is 0.273. The summed E-state index contributed by atoms with van der Waals surface area (Å²) >= 11 is 3.47. The number of ether oxygens (including phenoxy) is 2. The minimum Gasteiger partial charge on any atom is -0.493 e. The number of nitrogens with zero attached hydrogens (tertiary/aromatic N) is 1. The fourth-order valence-electron chi connectivity index (χ4n) is 2.59. The van der Waals surface area contributed by atoms with E-state index >= 15 is 0 Å². The summed E-state index contributed by atoms with van der Waals surface area (Å²) in [6, 6.07) is 14.9. The molecular weight excluding hydrogens is 420 g/mol. The van der Waals surface area contributed by atoms with Gasteiger partial charge in [0.15, 0.2) is 11.5 Å². The minimum atomic E-state index is -0.434. The van der Waals surface area contributed by atoms with Crippen LogP contribution in [0.1, 0.15) is 37.9 Å². The van der Waals surface area contributed by atoms with E-state index in [9.17, 15) is 10.1 Å². The van der Waals surface area contributed by atoms with Crippen LogP contribution in [0.3, 0.4) is 0 Å². The Morgan fingerprint density at radius 1 is 1.21 bits per heavy atom. The van der Waals surface area contributed by atoms with Crippen LogP contribution >= 0.6 is 15.9 Å². The van der Waals surface area contributed by atoms with E-state index < -0.39 is 5.91 Å². The van der Waals surface area contributed by atoms with Crippen LogP contribution in [0.4, 0.5) is 0 Å². The first-order valence-corrected chi connectivity index (χ1v) is 9.66. The van der Waals surface area contributed by atoms with E-state index in [0.717, 1.165) is 5.56 Å². The van der Waals surface area contributed by atoms with E-state index in [2.05, 4.69) is 21.2 Å². The molecule has 1 N–H and O–H groups in total. The van der Waals surface area contributed by atoms with Gasteiger partial charge < -0.3 is 14.8 Å². The van der Waals surface area contributed by atoms with Gasteiger partial charge in [0.1, 0.15) is 11.6 Å². The number of methoxy groups -OCH3 is 1. The predicted molar refractivity (Wildman–Crippen MR) is 113 cm³/mol. The molecule has 0 saturated heterocycles. The quantitative estimate of drug-likeness (QED) is 0.482. The molecule has 6 heteroatoms. The molecule has 146 valence electrons. The smallest absolute Gasteiger partial charge is 0.262 e. The number of carbonyl (C=O) groups is 1. The molecule has 0 aliphatic heterocycles. The first kappa shape index (κ1) is 21.5. The van der Waals surface area contributed by atoms with Crippen molar-refractivity contribution in [2.24, 2.45) is 0 Å². The third-order valence-corrected chi connectivity index (χ3v) is 4.52. The molecule has 0 fully saturated rings. The number of hydrogen-bond donors (Lipinski definition) is 1. The van der Waals surface area contributed by atoms with Gasteiger partial charge in [-0.2, -0.15) is 5.26 Å². The second kappa shape index (κ2) is 9.95. The molecule has 0 radical (unpaired) electrons. The van der Waals surface area contributed by atoms with Gasteiger partial charge in [0.2, 0.25) is 0 Å². The Labute approximate surface area is 174 Å². The van der Waals surface area contributed by atoms with Gasteiger partial charge in [-0.25, -0.2) is 0 Å². The lowest BCUT2D eigenvalue weighted by atomic mass is 10.1. The fourth-order valence-corrected chi connectivity index (χ4v) is 3.14. The van der Waals surface area contributed by atoms with E-state index in [1.54, 1.807) is 19.2 Å². The van der Waals surface area contributed by atoms with Gasteiger partial charge in [-0.15, -0.1) is 0 Å². The van der Waals surface area contributed by atoms with Crippen molar-refractivity contribution in [2.75, 3.05) is 7.11 Å². The summed E-state index contributed by atoms with van der Waals surface area (Å²) in [5, 5.41) is 12.3. The third kappa shape index (κ3) is 5.61. The standard InChI is InChI=1S/C22H23BrN2O3/c1-14(2)28-21-19(23)11-16(12-20(21)27-4)10-18(13-24)22(26)25-15(3)17-8-6-5-7-9-17/h5-12,14-15H,1-4H3,(H,25,26)/b18-10-/t15-/m1/s1. The molecule has 0 heterocycles. The Bertz CT molecular complexity index is 902. The van der Waals surface area contributed by atoms with E-state index in [-0.39, 0.29) is 17.7 Å². The van der Waals surface area contributed by atoms with Crippen LogP contribution in [-0.2, 0) is 4.79 Å². The summed E-state index contributed by atoms with van der Waals surface area (Å²) in [7, 11) is 1.54. The molecular formula is C22H23BrN2O3. The Morgan fingerprint density at radius 2 is 1.89 bits per heavy atom. The molecule has 2 aromatic carbocycles. The summed E-state index contributed by atoms with van der Waals surface area (Å²) in [6.07, 6.45) is 1.51. The Morgan fingerprint density at radius 3 is 2.46 bits per heavy atom. The van der Waals surface area contributed by atoms with Gasteiger partial charge in [-0.05, 0) is 66.0 Å². The predicted octanol–water partition coefficient (Wildman–Crippen LogP) is 5.03. The number of hydrogen-bond acceptors (Lipinski definition) is 4. The van der Waals surface area contributed by atoms with Crippen LogP contribution in [0, 0.1) is 11.3 Å². The molecule has 0 aliphatic carbocycles. The zero-order valence-corrected chi connectivity index (χ0v) is 17.9. The van der Waals surface area contributed by atoms with Crippen molar-refractivity contribution in [3.8, 4) is 17.6 Å². The van der Waals surface area contributed by atoms with Gasteiger partial charge >= 0.3 is 0 Å². The Balaban J connectivity index is 2.27. The summed E-state index contributed by atoms with van der Waals surface area (Å²) in [5.74, 6) is 0.663. The number of rotatable bonds is 7. The number of nitriles is 1. The largest absolute Gasteiger partial charge is 0.493 e. The third-order valence-electron chi connectivity index (χ3n) is 3.93. The Hall–Kier alpha value is -2.78. The SMILES string of the molecule is COc1cc(/C=C(/C#N)C(=O)N[C@H](C)c2ccccc2)cc(Br)c1OC(C)C. The van der Waals surface area contributed by atoms with Crippen molar-refractivity contribution >= 4 is 27.9 Å². The van der Waals surface area contributed by atoms with Crippen molar-refractivity contribution in [3.05, 3.63) is 63.6 Å². The molecule has 0 unspecified atom stereocenters. The van der Waals surface area contributed by atoms with Gasteiger partial charge in [-0.3, -0.25) is 4.79 Å². The lowest BCUT2D eigenvalue weighted by Crippen LogP contribution is -2.27. The van der Waals surface area contributed by atoms with E-state index in [1.807, 2.05) is 57.2 Å². The second-order valence-corrected chi connectivity index (χ2v) is 7.33. The molecule has 0 saturated carbocycles. The van der Waals surface area contributed by atoms with Crippen LogP contribution in [0.2, 0.25) is 0 Å². The van der Waals surface area contributed by atoms with Crippen molar-refractivity contribution in [2.45, 2.75) is 32.9 Å². The number of halogens is 1. The van der Waals surface area contributed by atoms with Crippen LogP contribution < -0.4 is 14.8 Å². The minimum absolute atomic E-state index is 0.00858. The highest BCUT2D eigenvalue weighted by Gasteiger charge is 2.16. The van der Waals surface area contributed by atoms with E-state index in [4.69, 9.17) is 9.47 Å². The lowest BCUT2D eigenvalue weighted by Gasteiger charge is -2.16. The second-order valence-electron chi connectivity index (χ2n) is 6.48. The average molecular weight is 443 g/mol. The monoisotopic (exact) mass is 442 g/mol. The van der Waals surface area contributed by atoms with Crippen molar-refractivity contribution in [3.63, 3.8) is 0 Å². The number of benzene rings is 2. The van der Waals surface area contributed by atoms with E-state index in [0.29, 0.717) is 21.5 Å². The highest BCUT2D eigenvalue weighted by Crippen LogP contribution is 2.37. The molecule has 5 nitrogen and oxygen atoms in total. The maximum absolute atomic E-state index is 12.5. The van der Waals surface area contributed by atoms with E-state index in [1.165, 1.54) is 6.08 Å². The summed E-state index contributed by atoms with van der Waals surface area (Å²) in [4.78, 5) is 12.5. The van der Waals surface area contributed by atoms with Gasteiger partial charge in [0.25, 0.3) is 5.91 Å². The van der Waals surface area contributed by atoms with Gasteiger partial charge in [0.05, 0.1) is 23.7 Å². The first-order chi connectivity index (χ1) is 13.3. The van der Waals surface area contributed by atoms with Crippen molar-refractivity contribution < 1.29 is 14.3 Å². The summed E-state index contributed by atoms with van der Waals surface area (Å²) < 4.78 is 11.8. The molecule has 2 aromatic rings. The average Bonchev–Trinajstić information content (AvgIpc) is 2.68. The topological polar surface area (TPSA) is 71.3 Å². The molecule has 0 spiro atoms. The molecule has 0 aliphatic rings.